The molecule has 0 aromatic rings. The number of esters is 1. The first-order chi connectivity index (χ1) is 7.07. The Kier molecular flexibility index (Phi) is 7.62. The van der Waals surface area contributed by atoms with Gasteiger partial charge in [-0.05, 0) is 12.8 Å². The summed E-state index contributed by atoms with van der Waals surface area (Å²) < 4.78 is 4.35. The van der Waals surface area contributed by atoms with E-state index in [1.54, 1.807) is 0 Å². The summed E-state index contributed by atoms with van der Waals surface area (Å²) in [4.78, 5) is 20.9. The maximum absolute atomic E-state index is 10.8. The van der Waals surface area contributed by atoms with Crippen LogP contribution in [0.25, 0.3) is 0 Å². The summed E-state index contributed by atoms with van der Waals surface area (Å²) in [5.74, 6) is -1.40. The van der Waals surface area contributed by atoms with Crippen LogP contribution in [-0.4, -0.2) is 35.4 Å². The van der Waals surface area contributed by atoms with E-state index >= 15 is 0 Å². The lowest BCUT2D eigenvalue weighted by molar-refractivity contribution is -0.150. The molecule has 0 spiro atoms. The van der Waals surface area contributed by atoms with Crippen molar-refractivity contribution >= 4 is 11.9 Å². The minimum atomic E-state index is -1.05. The van der Waals surface area contributed by atoms with Gasteiger partial charge in [0.05, 0.1) is 7.11 Å². The summed E-state index contributed by atoms with van der Waals surface area (Å²) >= 11 is 0. The first-order valence-electron chi connectivity index (χ1n) is 5.05. The molecule has 5 nitrogen and oxygen atoms in total. The average molecular weight is 218 g/mol. The van der Waals surface area contributed by atoms with Gasteiger partial charge >= 0.3 is 11.9 Å². The van der Waals surface area contributed by atoms with Crippen LogP contribution in [0.1, 0.15) is 38.5 Å². The molecule has 0 fully saturated rings. The fraction of sp³-hybridized carbons (Fsp3) is 0.800. The lowest BCUT2D eigenvalue weighted by atomic mass is 10.1. The Morgan fingerprint density at radius 2 is 1.80 bits per heavy atom. The van der Waals surface area contributed by atoms with E-state index in [4.69, 9.17) is 5.11 Å². The Balaban J connectivity index is 3.31. The average Bonchev–Trinajstić information content (AvgIpc) is 2.21. The molecular weight excluding hydrogens is 200 g/mol. The van der Waals surface area contributed by atoms with Gasteiger partial charge in [0, 0.05) is 6.42 Å². The van der Waals surface area contributed by atoms with E-state index in [1.807, 2.05) is 0 Å². The van der Waals surface area contributed by atoms with Crippen molar-refractivity contribution in [2.24, 2.45) is 0 Å². The van der Waals surface area contributed by atoms with Crippen molar-refractivity contribution in [2.45, 2.75) is 44.6 Å². The Morgan fingerprint density at radius 1 is 1.20 bits per heavy atom. The van der Waals surface area contributed by atoms with Crippen molar-refractivity contribution in [1.29, 1.82) is 0 Å². The Bertz CT molecular complexity index is 202. The number of aliphatic carboxylic acids is 1. The highest BCUT2D eigenvalue weighted by atomic mass is 16.5. The fourth-order valence-corrected chi connectivity index (χ4v) is 1.22. The molecular formula is C10H18O5. The third kappa shape index (κ3) is 7.93. The van der Waals surface area contributed by atoms with Crippen molar-refractivity contribution in [3.05, 3.63) is 0 Å². The van der Waals surface area contributed by atoms with Crippen LogP contribution in [0.3, 0.4) is 0 Å². The highest BCUT2D eigenvalue weighted by Gasteiger charge is 2.13. The zero-order valence-electron chi connectivity index (χ0n) is 8.94. The van der Waals surface area contributed by atoms with E-state index in [2.05, 4.69) is 4.74 Å². The van der Waals surface area contributed by atoms with Crippen molar-refractivity contribution in [1.82, 2.24) is 0 Å². The molecule has 88 valence electrons. The molecule has 1 unspecified atom stereocenters. The summed E-state index contributed by atoms with van der Waals surface area (Å²) in [5.41, 5.74) is 0. The van der Waals surface area contributed by atoms with Crippen molar-refractivity contribution in [3.63, 3.8) is 0 Å². The van der Waals surface area contributed by atoms with E-state index in [9.17, 15) is 14.7 Å². The van der Waals surface area contributed by atoms with Crippen LogP contribution in [0.5, 0.6) is 0 Å². The highest BCUT2D eigenvalue weighted by Crippen LogP contribution is 2.08. The van der Waals surface area contributed by atoms with Gasteiger partial charge in [-0.1, -0.05) is 19.3 Å². The summed E-state index contributed by atoms with van der Waals surface area (Å²) in [6.07, 6.45) is 2.48. The molecule has 15 heavy (non-hydrogen) atoms. The third-order valence-corrected chi connectivity index (χ3v) is 2.09. The predicted molar refractivity (Wildman–Crippen MR) is 53.4 cm³/mol. The second-order valence-corrected chi connectivity index (χ2v) is 3.39. The van der Waals surface area contributed by atoms with Crippen molar-refractivity contribution in [2.75, 3.05) is 7.11 Å². The fourth-order valence-electron chi connectivity index (χ4n) is 1.22. The number of aliphatic hydroxyl groups is 1. The Hall–Kier alpha value is -1.10. The van der Waals surface area contributed by atoms with E-state index in [0.717, 1.165) is 12.8 Å². The molecule has 0 saturated heterocycles. The molecule has 0 aliphatic rings. The van der Waals surface area contributed by atoms with Gasteiger partial charge < -0.3 is 14.9 Å². The van der Waals surface area contributed by atoms with Gasteiger partial charge in [-0.25, -0.2) is 4.79 Å². The highest BCUT2D eigenvalue weighted by molar-refractivity contribution is 5.74. The monoisotopic (exact) mass is 218 g/mol. The zero-order valence-corrected chi connectivity index (χ0v) is 8.94. The third-order valence-electron chi connectivity index (χ3n) is 2.09. The summed E-state index contributed by atoms with van der Waals surface area (Å²) in [5, 5.41) is 17.6. The molecule has 0 bridgehead atoms. The molecule has 0 amide bonds. The summed E-state index contributed by atoms with van der Waals surface area (Å²) in [6.45, 7) is 0. The van der Waals surface area contributed by atoms with E-state index in [0.29, 0.717) is 19.3 Å². The molecule has 0 aliphatic carbocycles. The van der Waals surface area contributed by atoms with Crippen LogP contribution < -0.4 is 0 Å². The van der Waals surface area contributed by atoms with Crippen molar-refractivity contribution < 1.29 is 24.5 Å². The van der Waals surface area contributed by atoms with Gasteiger partial charge in [0.25, 0.3) is 0 Å². The lowest BCUT2D eigenvalue weighted by Crippen LogP contribution is -2.21. The van der Waals surface area contributed by atoms with Gasteiger partial charge in [-0.2, -0.15) is 0 Å². The maximum Gasteiger partial charge on any atom is 0.334 e. The standard InChI is InChI=1S/C10H18O5/c1-15-10(14)8(11)6-4-2-3-5-7-9(12)13/h8,11H,2-7H2,1H3,(H,12,13). The number of hydrogen-bond donors (Lipinski definition) is 2. The molecule has 5 heteroatoms. The maximum atomic E-state index is 10.8. The number of aliphatic hydroxyl groups excluding tert-OH is 1. The number of carbonyl (C=O) groups excluding carboxylic acids is 1. The Morgan fingerprint density at radius 3 is 2.33 bits per heavy atom. The smallest absolute Gasteiger partial charge is 0.334 e. The van der Waals surface area contributed by atoms with Crippen LogP contribution in [0.4, 0.5) is 0 Å². The molecule has 2 N–H and O–H groups in total. The van der Waals surface area contributed by atoms with Gasteiger partial charge in [-0.3, -0.25) is 4.79 Å². The number of methoxy groups -OCH3 is 1. The van der Waals surface area contributed by atoms with Crippen LogP contribution in [0.15, 0.2) is 0 Å². The summed E-state index contributed by atoms with van der Waals surface area (Å²) in [6, 6.07) is 0. The van der Waals surface area contributed by atoms with Crippen LogP contribution in [0.2, 0.25) is 0 Å². The van der Waals surface area contributed by atoms with E-state index < -0.39 is 18.0 Å². The van der Waals surface area contributed by atoms with Crippen LogP contribution in [0, 0.1) is 0 Å². The second-order valence-electron chi connectivity index (χ2n) is 3.39. The first kappa shape index (κ1) is 13.9. The molecule has 1 atom stereocenters. The quantitative estimate of drug-likeness (QED) is 0.468. The topological polar surface area (TPSA) is 83.8 Å². The number of carboxylic acid groups (broad SMARTS) is 1. The number of rotatable bonds is 8. The molecule has 0 rings (SSSR count). The van der Waals surface area contributed by atoms with Crippen molar-refractivity contribution in [3.8, 4) is 0 Å². The van der Waals surface area contributed by atoms with E-state index in [1.165, 1.54) is 7.11 Å². The van der Waals surface area contributed by atoms with Gasteiger partial charge in [0.15, 0.2) is 6.10 Å². The Labute approximate surface area is 89.0 Å². The minimum Gasteiger partial charge on any atom is -0.481 e. The number of unbranched alkanes of at least 4 members (excludes halogenated alkanes) is 3. The molecule has 0 aromatic heterocycles. The molecule has 0 aliphatic heterocycles. The van der Waals surface area contributed by atoms with Gasteiger partial charge in [0.1, 0.15) is 0 Å². The largest absolute Gasteiger partial charge is 0.481 e. The minimum absolute atomic E-state index is 0.180. The number of carbonyl (C=O) groups is 2. The summed E-state index contributed by atoms with van der Waals surface area (Å²) in [7, 11) is 1.23. The number of ether oxygens (including phenoxy) is 1. The zero-order chi connectivity index (χ0) is 11.7. The lowest BCUT2D eigenvalue weighted by Gasteiger charge is -2.07. The number of hydrogen-bond acceptors (Lipinski definition) is 4. The molecule has 0 heterocycles. The predicted octanol–water partition coefficient (Wildman–Crippen LogP) is 0.946. The van der Waals surface area contributed by atoms with Crippen LogP contribution in [-0.2, 0) is 14.3 Å². The SMILES string of the molecule is COC(=O)C(O)CCCCCCC(=O)O. The molecule has 0 aromatic carbocycles. The normalized spacial score (nSPS) is 12.1. The number of carboxylic acids is 1. The molecule has 0 saturated carbocycles. The first-order valence-corrected chi connectivity index (χ1v) is 5.05. The van der Waals surface area contributed by atoms with Gasteiger partial charge in [0.2, 0.25) is 0 Å². The van der Waals surface area contributed by atoms with Gasteiger partial charge in [-0.15, -0.1) is 0 Å². The second kappa shape index (κ2) is 8.23. The van der Waals surface area contributed by atoms with Crippen LogP contribution >= 0.6 is 0 Å². The van der Waals surface area contributed by atoms with E-state index in [-0.39, 0.29) is 6.42 Å². The molecule has 0 radical (unpaired) electrons.